The first-order valence-electron chi connectivity index (χ1n) is 11.3. The van der Waals surface area contributed by atoms with Crippen LogP contribution in [0.3, 0.4) is 0 Å². The van der Waals surface area contributed by atoms with Gasteiger partial charge < -0.3 is 13.7 Å². The summed E-state index contributed by atoms with van der Waals surface area (Å²) in [7, 11) is -5.92. The Bertz CT molecular complexity index is 1460. The quantitative estimate of drug-likeness (QED) is 0.174. The van der Waals surface area contributed by atoms with Gasteiger partial charge in [-0.2, -0.15) is 31.7 Å². The lowest BCUT2D eigenvalue weighted by Gasteiger charge is -2.28. The van der Waals surface area contributed by atoms with Crippen molar-refractivity contribution in [1.82, 2.24) is 19.7 Å². The summed E-state index contributed by atoms with van der Waals surface area (Å²) in [6, 6.07) is 1.94. The van der Waals surface area contributed by atoms with E-state index >= 15 is 0 Å². The van der Waals surface area contributed by atoms with Gasteiger partial charge in [0.15, 0.2) is 11.4 Å². The van der Waals surface area contributed by atoms with Crippen molar-refractivity contribution in [2.45, 2.75) is 62.2 Å². The first kappa shape index (κ1) is 26.5. The van der Waals surface area contributed by atoms with Gasteiger partial charge >= 0.3 is 15.6 Å². The summed E-state index contributed by atoms with van der Waals surface area (Å²) in [5, 5.41) is 5.86. The standard InChI is InChI=1S/C22H22ClF3N4O5S2/c1-11-7-15-12(9-27-30(15)17-5-3-4-6-33-17)18(19(11)23)16-8-14-13(10-34-16)20(29-21(28-14)36-2)35-37(31,32)22(24,25)26/h7,9,16-17H,3-6,8,10H2,1-2H3. The molecule has 0 bridgehead atoms. The van der Waals surface area contributed by atoms with Gasteiger partial charge in [-0.05, 0) is 44.1 Å². The molecule has 2 aromatic heterocycles. The van der Waals surface area contributed by atoms with Crippen LogP contribution in [-0.4, -0.2) is 46.5 Å². The van der Waals surface area contributed by atoms with Crippen molar-refractivity contribution in [1.29, 1.82) is 0 Å². The van der Waals surface area contributed by atoms with E-state index in [1.807, 2.05) is 17.7 Å². The summed E-state index contributed by atoms with van der Waals surface area (Å²) in [6.45, 7) is 2.24. The van der Waals surface area contributed by atoms with Crippen LogP contribution >= 0.6 is 23.4 Å². The molecule has 2 unspecified atom stereocenters. The fraction of sp³-hybridized carbons (Fsp3) is 0.500. The molecule has 2 aliphatic heterocycles. The Morgan fingerprint density at radius 3 is 2.70 bits per heavy atom. The van der Waals surface area contributed by atoms with Crippen molar-refractivity contribution in [3.05, 3.63) is 39.7 Å². The fourth-order valence-corrected chi connectivity index (χ4v) is 5.59. The SMILES string of the molecule is CSc1nc2c(c(OS(=O)(=O)C(F)(F)F)n1)COC(c1c(Cl)c(C)cc3c1cnn3C1CCCCO1)C2. The number of benzene rings is 1. The normalized spacial score (nSPS) is 20.7. The van der Waals surface area contributed by atoms with E-state index in [2.05, 4.69) is 19.2 Å². The monoisotopic (exact) mass is 578 g/mol. The van der Waals surface area contributed by atoms with Crippen molar-refractivity contribution >= 4 is 44.4 Å². The van der Waals surface area contributed by atoms with Crippen LogP contribution in [0.4, 0.5) is 13.2 Å². The van der Waals surface area contributed by atoms with Gasteiger partial charge in [0.05, 0.1) is 40.7 Å². The second-order valence-electron chi connectivity index (χ2n) is 8.69. The molecule has 1 fully saturated rings. The molecule has 0 amide bonds. The predicted octanol–water partition coefficient (Wildman–Crippen LogP) is 5.25. The van der Waals surface area contributed by atoms with Crippen molar-refractivity contribution in [2.75, 3.05) is 12.9 Å². The molecule has 3 aromatic rings. The van der Waals surface area contributed by atoms with Gasteiger partial charge in [0.2, 0.25) is 5.88 Å². The maximum atomic E-state index is 13.0. The number of alkyl halides is 3. The van der Waals surface area contributed by atoms with Crippen LogP contribution in [0.1, 0.15) is 54.0 Å². The maximum absolute atomic E-state index is 13.0. The molecule has 200 valence electrons. The Morgan fingerprint density at radius 1 is 1.24 bits per heavy atom. The van der Waals surface area contributed by atoms with Crippen LogP contribution in [0.5, 0.6) is 5.88 Å². The third-order valence-electron chi connectivity index (χ3n) is 6.31. The first-order chi connectivity index (χ1) is 17.5. The van der Waals surface area contributed by atoms with Crippen molar-refractivity contribution in [3.8, 4) is 5.88 Å². The summed E-state index contributed by atoms with van der Waals surface area (Å²) in [5.41, 5.74) is -2.97. The average Bonchev–Trinajstić information content (AvgIpc) is 3.27. The summed E-state index contributed by atoms with van der Waals surface area (Å²) in [4.78, 5) is 8.26. The summed E-state index contributed by atoms with van der Waals surface area (Å²) < 4.78 is 80.3. The van der Waals surface area contributed by atoms with E-state index in [0.29, 0.717) is 22.9 Å². The molecule has 0 aliphatic carbocycles. The maximum Gasteiger partial charge on any atom is 0.534 e. The van der Waals surface area contributed by atoms with Crippen molar-refractivity contribution < 1.29 is 35.2 Å². The van der Waals surface area contributed by atoms with Gasteiger partial charge in [0.1, 0.15) is 0 Å². The van der Waals surface area contributed by atoms with Crippen molar-refractivity contribution in [2.24, 2.45) is 0 Å². The van der Waals surface area contributed by atoms with Gasteiger partial charge in [-0.15, -0.1) is 0 Å². The number of hydrogen-bond donors (Lipinski definition) is 0. The largest absolute Gasteiger partial charge is 0.534 e. The predicted molar refractivity (Wildman–Crippen MR) is 129 cm³/mol. The van der Waals surface area contributed by atoms with Crippen LogP contribution < -0.4 is 4.18 Å². The van der Waals surface area contributed by atoms with E-state index in [1.54, 1.807) is 12.5 Å². The molecular weight excluding hydrogens is 557 g/mol. The second-order valence-corrected chi connectivity index (χ2v) is 11.4. The molecule has 1 aromatic carbocycles. The Kier molecular flexibility index (Phi) is 7.07. The van der Waals surface area contributed by atoms with Crippen molar-refractivity contribution in [3.63, 3.8) is 0 Å². The minimum atomic E-state index is -5.92. The molecule has 37 heavy (non-hydrogen) atoms. The number of rotatable bonds is 5. The topological polar surface area (TPSA) is 105 Å². The number of thioether (sulfide) groups is 1. The summed E-state index contributed by atoms with van der Waals surface area (Å²) in [6.07, 6.45) is 5.46. The molecule has 2 aliphatic rings. The number of ether oxygens (including phenoxy) is 2. The van der Waals surface area contributed by atoms with E-state index in [9.17, 15) is 21.6 Å². The third-order valence-corrected chi connectivity index (χ3v) is 8.30. The molecule has 4 heterocycles. The lowest BCUT2D eigenvalue weighted by atomic mass is 9.95. The number of nitrogens with zero attached hydrogens (tertiary/aromatic N) is 4. The highest BCUT2D eigenvalue weighted by molar-refractivity contribution is 7.98. The minimum absolute atomic E-state index is 0.0354. The Labute approximate surface area is 219 Å². The molecule has 2 atom stereocenters. The van der Waals surface area contributed by atoms with Gasteiger partial charge in [-0.1, -0.05) is 23.4 Å². The molecule has 15 heteroatoms. The molecule has 0 radical (unpaired) electrons. The summed E-state index contributed by atoms with van der Waals surface area (Å²) >= 11 is 7.78. The Morgan fingerprint density at radius 2 is 2.03 bits per heavy atom. The number of aryl methyl sites for hydroxylation is 1. The highest BCUT2D eigenvalue weighted by Crippen LogP contribution is 2.42. The van der Waals surface area contributed by atoms with Crippen LogP contribution in [0.2, 0.25) is 5.02 Å². The lowest BCUT2D eigenvalue weighted by Crippen LogP contribution is -2.29. The van der Waals surface area contributed by atoms with E-state index < -0.39 is 27.6 Å². The average molecular weight is 579 g/mol. The number of aromatic nitrogens is 4. The Balaban J connectivity index is 1.55. The number of hydrogen-bond acceptors (Lipinski definition) is 9. The number of fused-ring (bicyclic) bond motifs is 2. The highest BCUT2D eigenvalue weighted by Gasteiger charge is 2.49. The molecule has 0 N–H and O–H groups in total. The van der Waals surface area contributed by atoms with Crippen LogP contribution in [0.15, 0.2) is 17.4 Å². The first-order valence-corrected chi connectivity index (χ1v) is 14.3. The van der Waals surface area contributed by atoms with Crippen LogP contribution in [-0.2, 0) is 32.6 Å². The molecule has 1 saturated heterocycles. The smallest absolute Gasteiger partial charge is 0.368 e. The molecule has 0 saturated carbocycles. The third kappa shape index (κ3) is 4.89. The summed E-state index contributed by atoms with van der Waals surface area (Å²) in [5.74, 6) is -0.701. The van der Waals surface area contributed by atoms with Gasteiger partial charge in [-0.3, -0.25) is 0 Å². The molecule has 9 nitrogen and oxygen atoms in total. The van der Waals surface area contributed by atoms with Gasteiger partial charge in [-0.25, -0.2) is 9.67 Å². The van der Waals surface area contributed by atoms with Gasteiger partial charge in [0.25, 0.3) is 0 Å². The zero-order valence-corrected chi connectivity index (χ0v) is 22.1. The zero-order valence-electron chi connectivity index (χ0n) is 19.7. The van der Waals surface area contributed by atoms with Crippen LogP contribution in [0, 0.1) is 6.92 Å². The fourth-order valence-electron chi connectivity index (χ4n) is 4.50. The second kappa shape index (κ2) is 9.88. The van der Waals surface area contributed by atoms with E-state index in [-0.39, 0.29) is 30.0 Å². The van der Waals surface area contributed by atoms with E-state index in [1.165, 1.54) is 0 Å². The van der Waals surface area contributed by atoms with Crippen LogP contribution in [0.25, 0.3) is 10.9 Å². The molecular formula is C22H22ClF3N4O5S2. The highest BCUT2D eigenvalue weighted by atomic mass is 35.5. The minimum Gasteiger partial charge on any atom is -0.368 e. The molecule has 5 rings (SSSR count). The lowest BCUT2D eigenvalue weighted by molar-refractivity contribution is -0.0503. The van der Waals surface area contributed by atoms with E-state index in [4.69, 9.17) is 21.1 Å². The molecule has 0 spiro atoms. The van der Waals surface area contributed by atoms with Gasteiger partial charge in [0, 0.05) is 24.0 Å². The van der Waals surface area contributed by atoms with E-state index in [0.717, 1.165) is 47.5 Å². The number of halogens is 4. The zero-order chi connectivity index (χ0) is 26.5. The Hall–Kier alpha value is -2.13.